The lowest BCUT2D eigenvalue weighted by Crippen LogP contribution is -2.03. The van der Waals surface area contributed by atoms with Gasteiger partial charge >= 0.3 is 5.97 Å². The van der Waals surface area contributed by atoms with Crippen LogP contribution in [0.15, 0.2) is 30.3 Å². The van der Waals surface area contributed by atoms with Crippen LogP contribution in [0.25, 0.3) is 0 Å². The maximum Gasteiger partial charge on any atom is 0.339 e. The number of anilines is 1. The number of ether oxygens (including phenoxy) is 1. The average molecular weight is 296 g/mol. The monoisotopic (exact) mass is 295 g/mol. The highest BCUT2D eigenvalue weighted by molar-refractivity contribution is 6.33. The number of carbonyl (C=O) groups is 1. The molecule has 0 heterocycles. The molecule has 0 saturated heterocycles. The fraction of sp³-hybridized carbons (Fsp3) is 0.0714. The van der Waals surface area contributed by atoms with Crippen molar-refractivity contribution in [3.05, 3.63) is 52.3 Å². The summed E-state index contributed by atoms with van der Waals surface area (Å²) in [5.41, 5.74) is 6.26. The van der Waals surface area contributed by atoms with Crippen LogP contribution < -0.4 is 10.5 Å². The number of aryl methyl sites for hydroxylation is 1. The smallest absolute Gasteiger partial charge is 0.339 e. The van der Waals surface area contributed by atoms with Gasteiger partial charge in [-0.3, -0.25) is 0 Å². The predicted molar refractivity (Wildman–Crippen MR) is 74.0 cm³/mol. The van der Waals surface area contributed by atoms with Crippen molar-refractivity contribution in [2.45, 2.75) is 6.92 Å². The Balaban J connectivity index is 2.53. The van der Waals surface area contributed by atoms with E-state index in [1.54, 1.807) is 13.0 Å². The molecular formula is C14H11ClFNO3. The first-order chi connectivity index (χ1) is 9.38. The average Bonchev–Trinajstić information content (AvgIpc) is 2.36. The minimum absolute atomic E-state index is 0.00306. The molecule has 2 aromatic carbocycles. The van der Waals surface area contributed by atoms with E-state index in [0.717, 1.165) is 5.56 Å². The third-order valence-corrected chi connectivity index (χ3v) is 2.88. The van der Waals surface area contributed by atoms with Crippen molar-refractivity contribution < 1.29 is 19.0 Å². The lowest BCUT2D eigenvalue weighted by Gasteiger charge is -2.12. The molecule has 0 fully saturated rings. The number of halogens is 2. The van der Waals surface area contributed by atoms with E-state index in [-0.39, 0.29) is 27.8 Å². The zero-order valence-electron chi connectivity index (χ0n) is 10.5. The molecule has 0 bridgehead atoms. The number of benzene rings is 2. The van der Waals surface area contributed by atoms with Crippen molar-refractivity contribution in [2.24, 2.45) is 0 Å². The summed E-state index contributed by atoms with van der Waals surface area (Å²) < 4.78 is 19.0. The number of hydrogen-bond acceptors (Lipinski definition) is 3. The summed E-state index contributed by atoms with van der Waals surface area (Å²) in [7, 11) is 0. The van der Waals surface area contributed by atoms with E-state index < -0.39 is 11.8 Å². The van der Waals surface area contributed by atoms with Gasteiger partial charge in [0.25, 0.3) is 0 Å². The molecule has 2 aromatic rings. The fourth-order valence-corrected chi connectivity index (χ4v) is 1.94. The molecule has 104 valence electrons. The highest BCUT2D eigenvalue weighted by Gasteiger charge is 2.18. The molecule has 2 rings (SSSR count). The van der Waals surface area contributed by atoms with Crippen LogP contribution >= 0.6 is 11.6 Å². The maximum absolute atomic E-state index is 13.7. The molecule has 0 unspecified atom stereocenters. The number of carboxylic acid groups (broad SMARTS) is 1. The number of aromatic carboxylic acids is 1. The molecule has 0 radical (unpaired) electrons. The van der Waals surface area contributed by atoms with Crippen LogP contribution in [-0.2, 0) is 0 Å². The Bertz CT molecular complexity index is 688. The topological polar surface area (TPSA) is 72.5 Å². The second kappa shape index (κ2) is 5.38. The van der Waals surface area contributed by atoms with E-state index in [4.69, 9.17) is 27.2 Å². The van der Waals surface area contributed by atoms with Gasteiger partial charge < -0.3 is 15.6 Å². The van der Waals surface area contributed by atoms with Crippen molar-refractivity contribution >= 4 is 23.3 Å². The van der Waals surface area contributed by atoms with Crippen LogP contribution in [0.3, 0.4) is 0 Å². The summed E-state index contributed by atoms with van der Waals surface area (Å²) in [4.78, 5) is 11.2. The Kier molecular flexibility index (Phi) is 3.81. The lowest BCUT2D eigenvalue weighted by molar-refractivity contribution is 0.0694. The minimum Gasteiger partial charge on any atom is -0.478 e. The SMILES string of the molecule is Cc1ccc(F)c(Oc2c(Cl)cc(N)cc2C(=O)O)c1. The molecule has 6 heteroatoms. The molecule has 0 amide bonds. The molecule has 0 spiro atoms. The summed E-state index contributed by atoms with van der Waals surface area (Å²) in [5, 5.41) is 9.13. The van der Waals surface area contributed by atoms with Gasteiger partial charge in [-0.05, 0) is 36.8 Å². The Morgan fingerprint density at radius 1 is 1.35 bits per heavy atom. The zero-order valence-corrected chi connectivity index (χ0v) is 11.2. The first kappa shape index (κ1) is 14.1. The van der Waals surface area contributed by atoms with Gasteiger partial charge in [-0.2, -0.15) is 0 Å². The quantitative estimate of drug-likeness (QED) is 0.843. The maximum atomic E-state index is 13.7. The Labute approximate surface area is 119 Å². The molecule has 0 aromatic heterocycles. The zero-order chi connectivity index (χ0) is 14.9. The van der Waals surface area contributed by atoms with E-state index >= 15 is 0 Å². The van der Waals surface area contributed by atoms with Gasteiger partial charge in [-0.15, -0.1) is 0 Å². The van der Waals surface area contributed by atoms with E-state index in [1.807, 2.05) is 0 Å². The highest BCUT2D eigenvalue weighted by Crippen LogP contribution is 2.36. The number of hydrogen-bond donors (Lipinski definition) is 2. The summed E-state index contributed by atoms with van der Waals surface area (Å²) in [5.74, 6) is -2.11. The van der Waals surface area contributed by atoms with Crippen LogP contribution in [0.5, 0.6) is 11.5 Å². The van der Waals surface area contributed by atoms with Gasteiger partial charge in [0.1, 0.15) is 5.56 Å². The van der Waals surface area contributed by atoms with Gasteiger partial charge in [0.05, 0.1) is 5.02 Å². The fourth-order valence-electron chi connectivity index (χ4n) is 1.68. The third-order valence-electron chi connectivity index (χ3n) is 2.60. The molecule has 4 nitrogen and oxygen atoms in total. The number of nitrogens with two attached hydrogens (primary N) is 1. The minimum atomic E-state index is -1.26. The molecular weight excluding hydrogens is 285 g/mol. The van der Waals surface area contributed by atoms with Gasteiger partial charge in [0, 0.05) is 5.69 Å². The van der Waals surface area contributed by atoms with E-state index in [0.29, 0.717) is 0 Å². The van der Waals surface area contributed by atoms with E-state index in [2.05, 4.69) is 0 Å². The first-order valence-corrected chi connectivity index (χ1v) is 6.02. The van der Waals surface area contributed by atoms with Crippen molar-refractivity contribution in [3.63, 3.8) is 0 Å². The Morgan fingerprint density at radius 2 is 2.05 bits per heavy atom. The normalized spacial score (nSPS) is 10.3. The summed E-state index contributed by atoms with van der Waals surface area (Å²) in [6.45, 7) is 1.76. The summed E-state index contributed by atoms with van der Waals surface area (Å²) >= 11 is 5.93. The van der Waals surface area contributed by atoms with Gasteiger partial charge in [0.15, 0.2) is 17.3 Å². The molecule has 20 heavy (non-hydrogen) atoms. The van der Waals surface area contributed by atoms with Crippen LogP contribution in [0, 0.1) is 12.7 Å². The number of carboxylic acids is 1. The van der Waals surface area contributed by atoms with Gasteiger partial charge in [-0.1, -0.05) is 17.7 Å². The van der Waals surface area contributed by atoms with Crippen molar-refractivity contribution in [3.8, 4) is 11.5 Å². The highest BCUT2D eigenvalue weighted by atomic mass is 35.5. The number of nitrogen functional groups attached to an aromatic ring is 1. The van der Waals surface area contributed by atoms with Crippen molar-refractivity contribution in [1.29, 1.82) is 0 Å². The van der Waals surface area contributed by atoms with Crippen LogP contribution in [0.1, 0.15) is 15.9 Å². The molecule has 0 aliphatic rings. The molecule has 3 N–H and O–H groups in total. The third kappa shape index (κ3) is 2.83. The second-order valence-electron chi connectivity index (χ2n) is 4.22. The summed E-state index contributed by atoms with van der Waals surface area (Å²) in [6.07, 6.45) is 0. The standard InChI is InChI=1S/C14H11ClFNO3/c1-7-2-3-11(16)12(4-7)20-13-9(14(18)19)5-8(17)6-10(13)15/h2-6H,17H2,1H3,(H,18,19). The Hall–Kier alpha value is -2.27. The van der Waals surface area contributed by atoms with Crippen molar-refractivity contribution in [1.82, 2.24) is 0 Å². The van der Waals surface area contributed by atoms with Crippen LogP contribution in [0.2, 0.25) is 5.02 Å². The van der Waals surface area contributed by atoms with Crippen molar-refractivity contribution in [2.75, 3.05) is 5.73 Å². The molecule has 0 saturated carbocycles. The Morgan fingerprint density at radius 3 is 2.70 bits per heavy atom. The molecule has 0 aliphatic carbocycles. The molecule has 0 aliphatic heterocycles. The largest absolute Gasteiger partial charge is 0.478 e. The van der Waals surface area contributed by atoms with E-state index in [9.17, 15) is 9.18 Å². The number of rotatable bonds is 3. The lowest BCUT2D eigenvalue weighted by atomic mass is 10.1. The van der Waals surface area contributed by atoms with Crippen LogP contribution in [0.4, 0.5) is 10.1 Å². The van der Waals surface area contributed by atoms with Gasteiger partial charge in [-0.25, -0.2) is 9.18 Å². The van der Waals surface area contributed by atoms with Crippen LogP contribution in [-0.4, -0.2) is 11.1 Å². The first-order valence-electron chi connectivity index (χ1n) is 5.65. The molecule has 0 atom stereocenters. The van der Waals surface area contributed by atoms with Gasteiger partial charge in [0.2, 0.25) is 0 Å². The predicted octanol–water partition coefficient (Wildman–Crippen LogP) is 3.86. The van der Waals surface area contributed by atoms with E-state index in [1.165, 1.54) is 24.3 Å². The second-order valence-corrected chi connectivity index (χ2v) is 4.63. The summed E-state index contributed by atoms with van der Waals surface area (Å²) in [6, 6.07) is 6.81.